The minimum atomic E-state index is -4.53. The Morgan fingerprint density at radius 2 is 1.85 bits per heavy atom. The fourth-order valence-electron chi connectivity index (χ4n) is 0.957. The summed E-state index contributed by atoms with van der Waals surface area (Å²) in [5, 5.41) is -1.76. The monoisotopic (exact) mass is 218 g/mol. The third-order valence-electron chi connectivity index (χ3n) is 1.58. The molecular weight excluding hydrogens is 211 g/mol. The first-order chi connectivity index (χ1) is 5.34. The van der Waals surface area contributed by atoms with Gasteiger partial charge < -0.3 is 6.16 Å². The summed E-state index contributed by atoms with van der Waals surface area (Å²) < 4.78 is 33.5. The van der Waals surface area contributed by atoms with Crippen molar-refractivity contribution in [1.29, 1.82) is 0 Å². The summed E-state index contributed by atoms with van der Waals surface area (Å²) in [4.78, 5) is 21.3. The molecule has 1 rings (SSSR count). The quantitative estimate of drug-likeness (QED) is 0.209. The van der Waals surface area contributed by atoms with Crippen LogP contribution in [-0.2, 0) is 24.4 Å². The summed E-state index contributed by atoms with van der Waals surface area (Å²) in [7, 11) is -4.53. The van der Waals surface area contributed by atoms with Crippen molar-refractivity contribution in [2.45, 2.75) is 12.2 Å². The predicted octanol–water partition coefficient (Wildman–Crippen LogP) is -3.92. The van der Waals surface area contributed by atoms with Crippen molar-refractivity contribution < 1.29 is 58.3 Å². The number of rotatable bonds is 1. The molecule has 2 unspecified atom stereocenters. The van der Waals surface area contributed by atoms with E-state index in [2.05, 4.69) is 4.74 Å². The number of ether oxygens (including phenoxy) is 1. The molecule has 0 saturated carbocycles. The third-order valence-corrected chi connectivity index (χ3v) is 2.82. The second-order valence-electron chi connectivity index (χ2n) is 2.46. The van der Waals surface area contributed by atoms with E-state index in [-0.39, 0.29) is 31.0 Å². The van der Waals surface area contributed by atoms with E-state index in [4.69, 9.17) is 4.55 Å². The van der Waals surface area contributed by atoms with Gasteiger partial charge in [-0.3, -0.25) is 14.1 Å². The Labute approximate surface area is 98.2 Å². The SMILES string of the molecule is CC1C(=O)OC(=O)C1S(=O)(=O)O.[H-].[Na+]. The van der Waals surface area contributed by atoms with Crippen LogP contribution in [0, 0.1) is 5.92 Å². The molecule has 0 aromatic carbocycles. The number of hydrogen-bond donors (Lipinski definition) is 1. The van der Waals surface area contributed by atoms with Crippen LogP contribution in [0.5, 0.6) is 0 Å². The Bertz CT molecular complexity index is 338. The molecule has 0 spiro atoms. The molecule has 1 heterocycles. The number of cyclic esters (lactones) is 2. The topological polar surface area (TPSA) is 97.7 Å². The van der Waals surface area contributed by atoms with Gasteiger partial charge in [-0.2, -0.15) is 8.42 Å². The Morgan fingerprint density at radius 1 is 1.38 bits per heavy atom. The molecule has 1 N–H and O–H groups in total. The maximum Gasteiger partial charge on any atom is 1.00 e. The number of carbonyl (C=O) groups excluding carboxylic acids is 2. The number of carbonyl (C=O) groups is 2. The molecule has 8 heteroatoms. The van der Waals surface area contributed by atoms with Gasteiger partial charge in [0.1, 0.15) is 0 Å². The zero-order valence-electron chi connectivity index (χ0n) is 8.05. The van der Waals surface area contributed by atoms with Crippen molar-refractivity contribution in [3.05, 3.63) is 0 Å². The minimum Gasteiger partial charge on any atom is -1.00 e. The fraction of sp³-hybridized carbons (Fsp3) is 0.600. The van der Waals surface area contributed by atoms with Crippen LogP contribution in [-0.4, -0.2) is 30.2 Å². The molecule has 0 aromatic heterocycles. The summed E-state index contributed by atoms with van der Waals surface area (Å²) in [6.07, 6.45) is 0. The van der Waals surface area contributed by atoms with Crippen LogP contribution in [0.3, 0.4) is 0 Å². The van der Waals surface area contributed by atoms with Gasteiger partial charge in [0.2, 0.25) is 0 Å². The van der Waals surface area contributed by atoms with Crippen LogP contribution < -0.4 is 29.6 Å². The molecule has 1 aliphatic rings. The van der Waals surface area contributed by atoms with Crippen LogP contribution >= 0.6 is 0 Å². The van der Waals surface area contributed by atoms with Crippen molar-refractivity contribution in [3.63, 3.8) is 0 Å². The largest absolute Gasteiger partial charge is 1.00 e. The van der Waals surface area contributed by atoms with Crippen LogP contribution in [0.2, 0.25) is 0 Å². The molecule has 0 radical (unpaired) electrons. The summed E-state index contributed by atoms with van der Waals surface area (Å²) >= 11 is 0. The van der Waals surface area contributed by atoms with E-state index in [1.807, 2.05) is 0 Å². The van der Waals surface area contributed by atoms with Crippen molar-refractivity contribution in [2.24, 2.45) is 5.92 Å². The molecular formula is C5H7NaO6S. The smallest absolute Gasteiger partial charge is 1.00 e. The van der Waals surface area contributed by atoms with Gasteiger partial charge in [0.15, 0.2) is 5.25 Å². The summed E-state index contributed by atoms with van der Waals surface area (Å²) in [6.45, 7) is 1.20. The molecule has 1 aliphatic heterocycles. The van der Waals surface area contributed by atoms with Gasteiger partial charge in [-0.1, -0.05) is 0 Å². The molecule has 70 valence electrons. The van der Waals surface area contributed by atoms with Crippen LogP contribution in [0.25, 0.3) is 0 Å². The second-order valence-corrected chi connectivity index (χ2v) is 4.00. The molecule has 0 aliphatic carbocycles. The minimum absolute atomic E-state index is 0. The van der Waals surface area contributed by atoms with E-state index >= 15 is 0 Å². The van der Waals surface area contributed by atoms with E-state index in [9.17, 15) is 18.0 Å². The van der Waals surface area contributed by atoms with Gasteiger partial charge in [-0.05, 0) is 6.92 Å². The average Bonchev–Trinajstić information content (AvgIpc) is 2.05. The molecule has 2 atom stereocenters. The predicted molar refractivity (Wildman–Crippen MR) is 36.7 cm³/mol. The first kappa shape index (κ1) is 13.1. The fourth-order valence-corrected chi connectivity index (χ4v) is 1.88. The van der Waals surface area contributed by atoms with Crippen molar-refractivity contribution in [2.75, 3.05) is 0 Å². The molecule has 0 aromatic rings. The Balaban J connectivity index is 0. The van der Waals surface area contributed by atoms with E-state index in [1.165, 1.54) is 6.92 Å². The van der Waals surface area contributed by atoms with Crippen molar-refractivity contribution in [1.82, 2.24) is 0 Å². The Morgan fingerprint density at radius 3 is 2.00 bits per heavy atom. The van der Waals surface area contributed by atoms with E-state index in [0.717, 1.165) is 0 Å². The summed E-state index contributed by atoms with van der Waals surface area (Å²) in [5.41, 5.74) is 0. The van der Waals surface area contributed by atoms with Crippen molar-refractivity contribution in [3.8, 4) is 0 Å². The normalized spacial score (nSPS) is 28.2. The molecule has 0 amide bonds. The van der Waals surface area contributed by atoms with Gasteiger partial charge >= 0.3 is 41.5 Å². The molecule has 6 nitrogen and oxygen atoms in total. The van der Waals surface area contributed by atoms with E-state index in [0.29, 0.717) is 0 Å². The van der Waals surface area contributed by atoms with E-state index < -0.39 is 33.2 Å². The standard InChI is InChI=1S/C5H6O6S.Na.H/c1-2-3(12(8,9)10)5(7)11-4(2)6;;/h2-3H,1H3,(H,8,9,10);;/q;+1;-1. The van der Waals surface area contributed by atoms with E-state index in [1.54, 1.807) is 0 Å². The summed E-state index contributed by atoms with van der Waals surface area (Å²) in [5.74, 6) is -3.27. The van der Waals surface area contributed by atoms with Gasteiger partial charge in [0, 0.05) is 0 Å². The van der Waals surface area contributed by atoms with Gasteiger partial charge in [0.25, 0.3) is 10.1 Å². The maximum atomic E-state index is 10.7. The van der Waals surface area contributed by atoms with Crippen LogP contribution in [0.4, 0.5) is 0 Å². The summed E-state index contributed by atoms with van der Waals surface area (Å²) in [6, 6.07) is 0. The average molecular weight is 218 g/mol. The molecule has 1 fully saturated rings. The Kier molecular flexibility index (Phi) is 4.07. The first-order valence-corrected chi connectivity index (χ1v) is 4.56. The molecule has 0 bridgehead atoms. The van der Waals surface area contributed by atoms with Gasteiger partial charge in [0.05, 0.1) is 5.92 Å². The maximum absolute atomic E-state index is 10.7. The second kappa shape index (κ2) is 4.05. The van der Waals surface area contributed by atoms with Crippen LogP contribution in [0.15, 0.2) is 0 Å². The number of esters is 2. The third kappa shape index (κ3) is 2.50. The first-order valence-electron chi connectivity index (χ1n) is 3.06. The van der Waals surface area contributed by atoms with Gasteiger partial charge in [-0.25, -0.2) is 0 Å². The van der Waals surface area contributed by atoms with Crippen LogP contribution in [0.1, 0.15) is 8.35 Å². The number of hydrogen-bond acceptors (Lipinski definition) is 5. The Hall–Kier alpha value is 0.0500. The zero-order valence-corrected chi connectivity index (χ0v) is 9.87. The molecule has 13 heavy (non-hydrogen) atoms. The molecule has 1 saturated heterocycles. The zero-order chi connectivity index (χ0) is 9.52. The van der Waals surface area contributed by atoms with Gasteiger partial charge in [-0.15, -0.1) is 0 Å². The van der Waals surface area contributed by atoms with Crippen molar-refractivity contribution >= 4 is 22.1 Å².